The molecule has 11 heteroatoms. The zero-order chi connectivity index (χ0) is 25.3. The first-order valence-corrected chi connectivity index (χ1v) is 11.4. The van der Waals surface area contributed by atoms with Crippen LogP contribution in [0.1, 0.15) is 45.5 Å². The van der Waals surface area contributed by atoms with Crippen LogP contribution in [-0.4, -0.2) is 42.5 Å². The molecule has 1 unspecified atom stereocenters. The molecule has 2 N–H and O–H groups in total. The average molecular weight is 495 g/mol. The van der Waals surface area contributed by atoms with E-state index in [4.69, 9.17) is 5.11 Å². The Bertz CT molecular complexity index is 1220. The van der Waals surface area contributed by atoms with Crippen LogP contribution in [0, 0.1) is 0 Å². The third-order valence-corrected chi connectivity index (χ3v) is 6.39. The number of amides is 1. The molecule has 0 fully saturated rings. The molecule has 0 saturated carbocycles. The summed E-state index contributed by atoms with van der Waals surface area (Å²) in [5, 5.41) is 19.9. The Hall–Kier alpha value is -3.08. The van der Waals surface area contributed by atoms with E-state index in [-0.39, 0.29) is 10.8 Å². The van der Waals surface area contributed by atoms with Crippen molar-refractivity contribution in [1.29, 1.82) is 0 Å². The van der Waals surface area contributed by atoms with Gasteiger partial charge in [0.05, 0.1) is 10.4 Å². The van der Waals surface area contributed by atoms with Gasteiger partial charge in [-0.1, -0.05) is 55.4 Å². The first-order chi connectivity index (χ1) is 15.9. The number of thioether (sulfide) groups is 1. The summed E-state index contributed by atoms with van der Waals surface area (Å²) < 4.78 is 41.3. The lowest BCUT2D eigenvalue weighted by atomic mass is 9.99. The van der Waals surface area contributed by atoms with Crippen molar-refractivity contribution in [3.05, 3.63) is 47.8 Å². The zero-order valence-electron chi connectivity index (χ0n) is 19.1. The predicted octanol–water partition coefficient (Wildman–Crippen LogP) is 4.85. The molecule has 0 bridgehead atoms. The molecule has 3 rings (SSSR count). The number of fused-ring (bicyclic) bond motifs is 1. The maximum Gasteiger partial charge on any atom is 0.452 e. The topological polar surface area (TPSA) is 97.1 Å². The molecule has 182 valence electrons. The average Bonchev–Trinajstić information content (AvgIpc) is 3.17. The highest BCUT2D eigenvalue weighted by molar-refractivity contribution is 8.01. The molecule has 0 aliphatic rings. The Balaban J connectivity index is 2.14. The van der Waals surface area contributed by atoms with Crippen LogP contribution >= 0.6 is 11.8 Å². The number of rotatable bonds is 8. The molecular weight excluding hydrogens is 469 g/mol. The van der Waals surface area contributed by atoms with Crippen molar-refractivity contribution in [1.82, 2.24) is 20.1 Å². The summed E-state index contributed by atoms with van der Waals surface area (Å²) in [6, 6.07) is 9.42. The summed E-state index contributed by atoms with van der Waals surface area (Å²) in [6.45, 7) is 6.29. The second kappa shape index (κ2) is 9.65. The minimum absolute atomic E-state index is 0.135. The normalized spacial score (nSPS) is 13.1. The standard InChI is InChI=1S/C23H25F3N4O3S/c1-5-8-14-11-12-17(16-10-7-6-9-15(14)16)30-19(23(24,25)26)28-29-21(30)34-22(3,4)20(33)27-13(2)18(31)32/h6-7,9-13H,5,8H2,1-4H3,(H,27,33)(H,31,32). The van der Waals surface area contributed by atoms with Crippen LogP contribution in [0.5, 0.6) is 0 Å². The maximum absolute atomic E-state index is 13.9. The number of hydrogen-bond donors (Lipinski definition) is 2. The highest BCUT2D eigenvalue weighted by Gasteiger charge is 2.41. The summed E-state index contributed by atoms with van der Waals surface area (Å²) in [7, 11) is 0. The van der Waals surface area contributed by atoms with E-state index >= 15 is 0 Å². The number of aromatic nitrogens is 3. The summed E-state index contributed by atoms with van der Waals surface area (Å²) in [4.78, 5) is 23.8. The molecule has 1 amide bonds. The summed E-state index contributed by atoms with van der Waals surface area (Å²) in [5.41, 5.74) is 1.26. The van der Waals surface area contributed by atoms with Gasteiger partial charge in [-0.2, -0.15) is 13.2 Å². The molecule has 1 atom stereocenters. The van der Waals surface area contributed by atoms with Crippen molar-refractivity contribution in [3.8, 4) is 5.69 Å². The van der Waals surface area contributed by atoms with E-state index in [1.54, 1.807) is 24.3 Å². The number of aryl methyl sites for hydroxylation is 1. The fourth-order valence-electron chi connectivity index (χ4n) is 3.47. The summed E-state index contributed by atoms with van der Waals surface area (Å²) in [5.74, 6) is -3.09. The van der Waals surface area contributed by atoms with Gasteiger partial charge >= 0.3 is 12.1 Å². The lowest BCUT2D eigenvalue weighted by Crippen LogP contribution is -2.47. The Morgan fingerprint density at radius 3 is 2.35 bits per heavy atom. The molecule has 34 heavy (non-hydrogen) atoms. The fourth-order valence-corrected chi connectivity index (χ4v) is 4.44. The van der Waals surface area contributed by atoms with Crippen LogP contribution in [0.25, 0.3) is 16.5 Å². The Morgan fingerprint density at radius 1 is 1.12 bits per heavy atom. The minimum atomic E-state index is -4.79. The van der Waals surface area contributed by atoms with Gasteiger partial charge < -0.3 is 10.4 Å². The molecule has 7 nitrogen and oxygen atoms in total. The second-order valence-corrected chi connectivity index (χ2v) is 9.91. The molecule has 0 spiro atoms. The fraction of sp³-hybridized carbons (Fsp3) is 0.391. The predicted molar refractivity (Wildman–Crippen MR) is 123 cm³/mol. The third-order valence-electron chi connectivity index (χ3n) is 5.25. The van der Waals surface area contributed by atoms with Crippen LogP contribution in [0.2, 0.25) is 0 Å². The van der Waals surface area contributed by atoms with Crippen LogP contribution in [0.4, 0.5) is 13.2 Å². The number of alkyl halides is 3. The molecule has 1 heterocycles. The van der Waals surface area contributed by atoms with Crippen LogP contribution in [-0.2, 0) is 22.2 Å². The lowest BCUT2D eigenvalue weighted by Gasteiger charge is -2.24. The van der Waals surface area contributed by atoms with Gasteiger partial charge in [0.25, 0.3) is 0 Å². The number of carboxylic acids is 1. The highest BCUT2D eigenvalue weighted by Crippen LogP contribution is 2.39. The van der Waals surface area contributed by atoms with Gasteiger partial charge in [0.1, 0.15) is 6.04 Å². The number of carbonyl (C=O) groups excluding carboxylic acids is 1. The van der Waals surface area contributed by atoms with Gasteiger partial charge in [0.15, 0.2) is 5.16 Å². The number of carbonyl (C=O) groups is 2. The number of nitrogens with zero attached hydrogens (tertiary/aromatic N) is 3. The molecule has 0 aliphatic carbocycles. The number of hydrogen-bond acceptors (Lipinski definition) is 5. The van der Waals surface area contributed by atoms with Gasteiger partial charge in [0, 0.05) is 5.39 Å². The van der Waals surface area contributed by atoms with E-state index in [9.17, 15) is 22.8 Å². The van der Waals surface area contributed by atoms with Crippen molar-refractivity contribution < 1.29 is 27.9 Å². The SMILES string of the molecule is CCCc1ccc(-n2c(SC(C)(C)C(=O)NC(C)C(=O)O)nnc2C(F)(F)F)c2ccccc12. The van der Waals surface area contributed by atoms with E-state index < -0.39 is 34.7 Å². The van der Waals surface area contributed by atoms with E-state index in [0.29, 0.717) is 5.39 Å². The minimum Gasteiger partial charge on any atom is -0.480 e. The summed E-state index contributed by atoms with van der Waals surface area (Å²) in [6.07, 6.45) is -3.15. The number of benzene rings is 2. The quantitative estimate of drug-likeness (QED) is 0.435. The number of nitrogens with one attached hydrogen (secondary N) is 1. The second-order valence-electron chi connectivity index (χ2n) is 8.32. The zero-order valence-corrected chi connectivity index (χ0v) is 19.9. The Morgan fingerprint density at radius 2 is 1.76 bits per heavy atom. The van der Waals surface area contributed by atoms with Crippen LogP contribution < -0.4 is 5.32 Å². The maximum atomic E-state index is 13.9. The van der Waals surface area contributed by atoms with Gasteiger partial charge in [-0.05, 0) is 44.2 Å². The third kappa shape index (κ3) is 5.19. The smallest absolute Gasteiger partial charge is 0.452 e. The first kappa shape index (κ1) is 25.5. The lowest BCUT2D eigenvalue weighted by molar-refractivity contribution is -0.146. The number of aliphatic carboxylic acids is 1. The molecule has 1 aromatic heterocycles. The van der Waals surface area contributed by atoms with Crippen molar-refractivity contribution in [2.24, 2.45) is 0 Å². The molecule has 0 radical (unpaired) electrons. The van der Waals surface area contributed by atoms with Gasteiger partial charge in [-0.3, -0.25) is 14.2 Å². The number of halogens is 3. The summed E-state index contributed by atoms with van der Waals surface area (Å²) >= 11 is 0.773. The molecule has 2 aromatic carbocycles. The number of carboxylic acid groups (broad SMARTS) is 1. The highest BCUT2D eigenvalue weighted by atomic mass is 32.2. The Kier molecular flexibility index (Phi) is 7.25. The van der Waals surface area contributed by atoms with Crippen LogP contribution in [0.15, 0.2) is 41.6 Å². The van der Waals surface area contributed by atoms with E-state index in [0.717, 1.165) is 40.1 Å². The molecule has 0 saturated heterocycles. The van der Waals surface area contributed by atoms with Crippen molar-refractivity contribution in [2.45, 2.75) is 62.7 Å². The molecule has 0 aliphatic heterocycles. The monoisotopic (exact) mass is 494 g/mol. The van der Waals surface area contributed by atoms with Gasteiger partial charge in [-0.15, -0.1) is 10.2 Å². The first-order valence-electron chi connectivity index (χ1n) is 10.6. The Labute approximate surface area is 198 Å². The van der Waals surface area contributed by atoms with Crippen molar-refractivity contribution in [3.63, 3.8) is 0 Å². The van der Waals surface area contributed by atoms with Crippen molar-refractivity contribution in [2.75, 3.05) is 0 Å². The van der Waals surface area contributed by atoms with E-state index in [2.05, 4.69) is 15.5 Å². The van der Waals surface area contributed by atoms with Gasteiger partial charge in [0.2, 0.25) is 11.7 Å². The van der Waals surface area contributed by atoms with Gasteiger partial charge in [-0.25, -0.2) is 0 Å². The molecule has 3 aromatic rings. The van der Waals surface area contributed by atoms with E-state index in [1.165, 1.54) is 20.8 Å². The largest absolute Gasteiger partial charge is 0.480 e. The van der Waals surface area contributed by atoms with E-state index in [1.807, 2.05) is 19.1 Å². The van der Waals surface area contributed by atoms with Crippen molar-refractivity contribution >= 4 is 34.4 Å². The molecular formula is C23H25F3N4O3S. The van der Waals surface area contributed by atoms with Crippen LogP contribution in [0.3, 0.4) is 0 Å².